The third kappa shape index (κ3) is 5.56. The van der Waals surface area contributed by atoms with Gasteiger partial charge >= 0.3 is 5.97 Å². The molecule has 2 fully saturated rings. The molecule has 198 valence electrons. The molecule has 3 heterocycles. The molecule has 37 heavy (non-hydrogen) atoms. The van der Waals surface area contributed by atoms with Gasteiger partial charge in [-0.1, -0.05) is 6.07 Å². The lowest BCUT2D eigenvalue weighted by Gasteiger charge is -2.33. The quantitative estimate of drug-likeness (QED) is 0.462. The second-order valence-corrected chi connectivity index (χ2v) is 12.3. The molecule has 1 aromatic carbocycles. The van der Waals surface area contributed by atoms with E-state index in [9.17, 15) is 13.2 Å². The van der Waals surface area contributed by atoms with Crippen LogP contribution in [0, 0.1) is 5.92 Å². The number of benzene rings is 1. The minimum absolute atomic E-state index is 0.0212. The number of fused-ring (bicyclic) bond motifs is 1. The van der Waals surface area contributed by atoms with Crippen molar-refractivity contribution in [1.82, 2.24) is 19.7 Å². The minimum atomic E-state index is -3.01. The maximum atomic E-state index is 12.0. The summed E-state index contributed by atoms with van der Waals surface area (Å²) in [5.41, 5.74) is 1.99. The monoisotopic (exact) mass is 526 g/mol. The number of carbonyl (C=O) groups is 1. The van der Waals surface area contributed by atoms with E-state index in [2.05, 4.69) is 26.4 Å². The number of nitrogens with one attached hydrogen (secondary N) is 1. The first kappa shape index (κ1) is 25.4. The van der Waals surface area contributed by atoms with Crippen LogP contribution in [0.2, 0.25) is 0 Å². The minimum Gasteiger partial charge on any atom is -0.466 e. The SMILES string of the molecule is CCOC(=O)[C@H]1CC[C@H](Nc2nccc(-n3ncc4c(N5CCC(S(C)(=O)=O)CC5)cccc43)n2)CC1. The van der Waals surface area contributed by atoms with Crippen molar-refractivity contribution >= 4 is 38.3 Å². The van der Waals surface area contributed by atoms with Gasteiger partial charge in [0.1, 0.15) is 9.84 Å². The van der Waals surface area contributed by atoms with Crippen LogP contribution in [0.25, 0.3) is 16.7 Å². The molecule has 10 nitrogen and oxygen atoms in total. The Morgan fingerprint density at radius 1 is 1.11 bits per heavy atom. The highest BCUT2D eigenvalue weighted by molar-refractivity contribution is 7.91. The summed E-state index contributed by atoms with van der Waals surface area (Å²) in [5, 5.41) is 8.80. The molecule has 0 amide bonds. The summed E-state index contributed by atoms with van der Waals surface area (Å²) in [6, 6.07) is 8.12. The second kappa shape index (κ2) is 10.6. The van der Waals surface area contributed by atoms with Crippen molar-refractivity contribution in [2.75, 3.05) is 36.2 Å². The number of nitrogens with zero attached hydrogens (tertiary/aromatic N) is 5. The van der Waals surface area contributed by atoms with Gasteiger partial charge in [0, 0.05) is 48.7 Å². The molecule has 1 aliphatic heterocycles. The Bertz CT molecular complexity index is 1360. The Morgan fingerprint density at radius 3 is 2.57 bits per heavy atom. The third-order valence-corrected chi connectivity index (χ3v) is 9.20. The lowest BCUT2D eigenvalue weighted by Crippen LogP contribution is -2.39. The van der Waals surface area contributed by atoms with Gasteiger partial charge in [-0.25, -0.2) is 18.1 Å². The fourth-order valence-electron chi connectivity index (χ4n) is 5.47. The summed E-state index contributed by atoms with van der Waals surface area (Å²) in [4.78, 5) is 23.4. The van der Waals surface area contributed by atoms with Gasteiger partial charge in [-0.15, -0.1) is 0 Å². The van der Waals surface area contributed by atoms with Crippen molar-refractivity contribution in [3.8, 4) is 5.82 Å². The summed E-state index contributed by atoms with van der Waals surface area (Å²) in [6.07, 6.45) is 9.48. The predicted molar refractivity (Wildman–Crippen MR) is 143 cm³/mol. The highest BCUT2D eigenvalue weighted by Crippen LogP contribution is 2.31. The Morgan fingerprint density at radius 2 is 1.86 bits per heavy atom. The van der Waals surface area contributed by atoms with Crippen LogP contribution in [0.5, 0.6) is 0 Å². The number of hydrogen-bond donors (Lipinski definition) is 1. The molecule has 3 aromatic rings. The van der Waals surface area contributed by atoms with Crippen LogP contribution in [-0.2, 0) is 19.4 Å². The van der Waals surface area contributed by atoms with E-state index in [0.29, 0.717) is 44.3 Å². The molecule has 0 bridgehead atoms. The summed E-state index contributed by atoms with van der Waals surface area (Å²) >= 11 is 0. The standard InChI is InChI=1S/C26H34N6O4S/c1-3-36-25(33)18-7-9-19(10-8-18)29-26-27-14-11-24(30-26)32-23-6-4-5-22(21(23)17-28-32)31-15-12-20(13-16-31)37(2,34)35/h4-6,11,14,17-20H,3,7-10,12-13,15-16H2,1-2H3,(H,27,29,30)/t18-,19-. The number of sulfone groups is 1. The highest BCUT2D eigenvalue weighted by Gasteiger charge is 2.29. The summed E-state index contributed by atoms with van der Waals surface area (Å²) < 4.78 is 30.9. The molecule has 0 atom stereocenters. The molecule has 1 saturated heterocycles. The molecule has 1 N–H and O–H groups in total. The molecule has 11 heteroatoms. The number of anilines is 2. The number of hydrogen-bond acceptors (Lipinski definition) is 9. The zero-order chi connectivity index (χ0) is 26.0. The Hall–Kier alpha value is -3.21. The third-order valence-electron chi connectivity index (χ3n) is 7.52. The fourth-order valence-corrected chi connectivity index (χ4v) is 6.54. The number of rotatable bonds is 7. The van der Waals surface area contributed by atoms with Crippen LogP contribution in [0.1, 0.15) is 45.4 Å². The van der Waals surface area contributed by atoms with Crippen LogP contribution in [0.15, 0.2) is 36.7 Å². The van der Waals surface area contributed by atoms with E-state index >= 15 is 0 Å². The van der Waals surface area contributed by atoms with E-state index in [-0.39, 0.29) is 23.2 Å². The van der Waals surface area contributed by atoms with Crippen LogP contribution < -0.4 is 10.2 Å². The second-order valence-electron chi connectivity index (χ2n) is 9.97. The predicted octanol–water partition coefficient (Wildman–Crippen LogP) is 3.36. The molecular formula is C26H34N6O4S. The Labute approximate surface area is 217 Å². The number of aromatic nitrogens is 4. The number of ether oxygens (including phenoxy) is 1. The fraction of sp³-hybridized carbons (Fsp3) is 0.538. The molecular weight excluding hydrogens is 492 g/mol. The van der Waals surface area contributed by atoms with Crippen LogP contribution in [-0.4, -0.2) is 71.4 Å². The Balaban J connectivity index is 1.29. The zero-order valence-corrected chi connectivity index (χ0v) is 22.2. The normalized spacial score (nSPS) is 21.2. The smallest absolute Gasteiger partial charge is 0.308 e. The van der Waals surface area contributed by atoms with Gasteiger partial charge in [0.25, 0.3) is 0 Å². The van der Waals surface area contributed by atoms with Crippen molar-refractivity contribution in [3.05, 3.63) is 36.7 Å². The van der Waals surface area contributed by atoms with Crippen molar-refractivity contribution in [1.29, 1.82) is 0 Å². The van der Waals surface area contributed by atoms with Crippen LogP contribution in [0.4, 0.5) is 11.6 Å². The van der Waals surface area contributed by atoms with Gasteiger partial charge < -0.3 is 15.0 Å². The number of piperidine rings is 1. The van der Waals surface area contributed by atoms with Crippen molar-refractivity contribution in [2.45, 2.75) is 56.7 Å². The van der Waals surface area contributed by atoms with Crippen LogP contribution in [0.3, 0.4) is 0 Å². The van der Waals surface area contributed by atoms with Crippen molar-refractivity contribution in [2.24, 2.45) is 5.92 Å². The molecule has 2 aliphatic rings. The molecule has 0 spiro atoms. The summed E-state index contributed by atoms with van der Waals surface area (Å²) in [5.74, 6) is 1.09. The lowest BCUT2D eigenvalue weighted by molar-refractivity contribution is -0.149. The van der Waals surface area contributed by atoms with E-state index in [1.54, 1.807) is 6.20 Å². The van der Waals surface area contributed by atoms with E-state index in [0.717, 1.165) is 42.3 Å². The molecule has 5 rings (SSSR count). The van der Waals surface area contributed by atoms with E-state index in [1.807, 2.05) is 36.0 Å². The van der Waals surface area contributed by atoms with Gasteiger partial charge in [-0.2, -0.15) is 10.1 Å². The zero-order valence-electron chi connectivity index (χ0n) is 21.3. The molecule has 1 aliphatic carbocycles. The Kier molecular flexibility index (Phi) is 7.32. The summed E-state index contributed by atoms with van der Waals surface area (Å²) in [7, 11) is -3.01. The van der Waals surface area contributed by atoms with Crippen LogP contribution >= 0.6 is 0 Å². The average molecular weight is 527 g/mol. The van der Waals surface area contributed by atoms with Gasteiger partial charge in [0.05, 0.1) is 29.5 Å². The highest BCUT2D eigenvalue weighted by atomic mass is 32.2. The lowest BCUT2D eigenvalue weighted by atomic mass is 9.86. The van der Waals surface area contributed by atoms with Gasteiger partial charge in [-0.3, -0.25) is 4.79 Å². The first-order valence-electron chi connectivity index (χ1n) is 13.0. The number of carbonyl (C=O) groups excluding carboxylic acids is 1. The maximum absolute atomic E-state index is 12.0. The van der Waals surface area contributed by atoms with Gasteiger partial charge in [-0.05, 0) is 57.6 Å². The van der Waals surface area contributed by atoms with E-state index < -0.39 is 9.84 Å². The van der Waals surface area contributed by atoms with Gasteiger partial charge in [0.15, 0.2) is 5.82 Å². The van der Waals surface area contributed by atoms with E-state index in [1.165, 1.54) is 6.26 Å². The first-order valence-corrected chi connectivity index (χ1v) is 15.0. The molecule has 0 unspecified atom stereocenters. The topological polar surface area (TPSA) is 119 Å². The molecule has 0 radical (unpaired) electrons. The molecule has 1 saturated carbocycles. The van der Waals surface area contributed by atoms with Crippen molar-refractivity contribution < 1.29 is 17.9 Å². The maximum Gasteiger partial charge on any atom is 0.308 e. The summed E-state index contributed by atoms with van der Waals surface area (Å²) in [6.45, 7) is 3.65. The average Bonchev–Trinajstić information content (AvgIpc) is 3.33. The van der Waals surface area contributed by atoms with E-state index in [4.69, 9.17) is 9.72 Å². The number of esters is 1. The van der Waals surface area contributed by atoms with Gasteiger partial charge in [0.2, 0.25) is 5.95 Å². The largest absolute Gasteiger partial charge is 0.466 e. The first-order chi connectivity index (χ1) is 17.8. The van der Waals surface area contributed by atoms with Crippen molar-refractivity contribution in [3.63, 3.8) is 0 Å². The molecule has 2 aromatic heterocycles.